The molecule has 0 unspecified atom stereocenters. The number of hydrogen-bond donors (Lipinski definition) is 0. The Morgan fingerprint density at radius 3 is 2.52 bits per heavy atom. The minimum Gasteiger partial charge on any atom is -0.466 e. The number of aromatic nitrogens is 1. The molecular formula is C18H18F3N3O4S. The van der Waals surface area contributed by atoms with Crippen LogP contribution in [0.5, 0.6) is 0 Å². The molecule has 11 heteroatoms. The predicted octanol–water partition coefficient (Wildman–Crippen LogP) is 2.90. The smallest absolute Gasteiger partial charge is 0.431 e. The zero-order chi connectivity index (χ0) is 21.8. The Bertz CT molecular complexity index is 953. The number of ether oxygens (including phenoxy) is 1. The average Bonchev–Trinajstić information content (AvgIpc) is 3.01. The number of nitrogens with zero attached hydrogens (tertiary/aromatic N) is 3. The number of carbonyl (C=O) groups is 3. The van der Waals surface area contributed by atoms with Crippen LogP contribution in [0, 0.1) is 0 Å². The van der Waals surface area contributed by atoms with E-state index in [9.17, 15) is 27.6 Å². The van der Waals surface area contributed by atoms with Crippen molar-refractivity contribution in [3.8, 4) is 0 Å². The van der Waals surface area contributed by atoms with Crippen molar-refractivity contribution in [1.29, 1.82) is 0 Å². The standard InChI is InChI=1S/C18H18F3N3O4S/c1-4-28-17(27)8-13-12-7-11(5-6-14(12)29-22-13)24(10-25)16(26)9-15(23(2)3)18(19,20)21/h5-7,9-10H,4,8H2,1-3H3/b15-9-. The molecule has 2 aromatic rings. The van der Waals surface area contributed by atoms with Crippen molar-refractivity contribution in [3.63, 3.8) is 0 Å². The van der Waals surface area contributed by atoms with Crippen LogP contribution in [0.25, 0.3) is 10.1 Å². The molecular weight excluding hydrogens is 411 g/mol. The number of alkyl halides is 3. The largest absolute Gasteiger partial charge is 0.466 e. The second-order valence-corrected chi connectivity index (χ2v) is 6.83. The molecule has 0 saturated heterocycles. The summed E-state index contributed by atoms with van der Waals surface area (Å²) < 4.78 is 49.0. The topological polar surface area (TPSA) is 79.8 Å². The minimum atomic E-state index is -4.76. The molecule has 0 atom stereocenters. The Kier molecular flexibility index (Phi) is 6.96. The lowest BCUT2D eigenvalue weighted by Gasteiger charge is -2.21. The Morgan fingerprint density at radius 1 is 1.28 bits per heavy atom. The van der Waals surface area contributed by atoms with Gasteiger partial charge in [0.05, 0.1) is 29.1 Å². The lowest BCUT2D eigenvalue weighted by molar-refractivity contribution is -0.142. The van der Waals surface area contributed by atoms with Crippen LogP contribution >= 0.6 is 11.5 Å². The van der Waals surface area contributed by atoms with Gasteiger partial charge < -0.3 is 9.64 Å². The van der Waals surface area contributed by atoms with Gasteiger partial charge in [-0.2, -0.15) is 17.5 Å². The van der Waals surface area contributed by atoms with Crippen molar-refractivity contribution < 1.29 is 32.3 Å². The van der Waals surface area contributed by atoms with Crippen molar-refractivity contribution in [2.75, 3.05) is 25.6 Å². The Balaban J connectivity index is 2.41. The second-order valence-electron chi connectivity index (χ2n) is 6.03. The first-order chi connectivity index (χ1) is 13.6. The molecule has 0 aliphatic heterocycles. The molecule has 0 spiro atoms. The number of rotatable bonds is 7. The van der Waals surface area contributed by atoms with Gasteiger partial charge in [0, 0.05) is 25.6 Å². The van der Waals surface area contributed by atoms with E-state index in [2.05, 4.69) is 4.37 Å². The minimum absolute atomic E-state index is 0.0549. The van der Waals surface area contributed by atoms with E-state index in [0.717, 1.165) is 30.5 Å². The first kappa shape index (κ1) is 22.3. The van der Waals surface area contributed by atoms with Crippen molar-refractivity contribution in [1.82, 2.24) is 9.27 Å². The van der Waals surface area contributed by atoms with Gasteiger partial charge in [-0.1, -0.05) is 0 Å². The van der Waals surface area contributed by atoms with E-state index in [4.69, 9.17) is 4.74 Å². The molecule has 1 aromatic heterocycles. The molecule has 0 bridgehead atoms. The van der Waals surface area contributed by atoms with Crippen LogP contribution < -0.4 is 4.90 Å². The molecule has 2 rings (SSSR count). The summed E-state index contributed by atoms with van der Waals surface area (Å²) >= 11 is 1.11. The van der Waals surface area contributed by atoms with Gasteiger partial charge in [0.2, 0.25) is 6.41 Å². The fourth-order valence-corrected chi connectivity index (χ4v) is 3.27. The number of amides is 2. The van der Waals surface area contributed by atoms with Crippen molar-refractivity contribution in [2.45, 2.75) is 19.5 Å². The van der Waals surface area contributed by atoms with Crippen LogP contribution in [0.15, 0.2) is 30.0 Å². The molecule has 0 aliphatic carbocycles. The van der Waals surface area contributed by atoms with Crippen LogP contribution in [-0.4, -0.2) is 54.4 Å². The molecule has 1 aromatic carbocycles. The van der Waals surface area contributed by atoms with Crippen LogP contribution in [-0.2, 0) is 25.5 Å². The van der Waals surface area contributed by atoms with E-state index in [0.29, 0.717) is 26.8 Å². The van der Waals surface area contributed by atoms with E-state index in [1.807, 2.05) is 0 Å². The van der Waals surface area contributed by atoms with Crippen LogP contribution in [0.4, 0.5) is 18.9 Å². The fraction of sp³-hybridized carbons (Fsp3) is 0.333. The normalized spacial score (nSPS) is 12.0. The summed E-state index contributed by atoms with van der Waals surface area (Å²) in [5, 5.41) is 0.507. The second kappa shape index (κ2) is 9.03. The summed E-state index contributed by atoms with van der Waals surface area (Å²) in [7, 11) is 2.28. The first-order valence-corrected chi connectivity index (χ1v) is 9.14. The van der Waals surface area contributed by atoms with Crippen molar-refractivity contribution in [2.24, 2.45) is 0 Å². The number of hydrogen-bond acceptors (Lipinski definition) is 7. The van der Waals surface area contributed by atoms with Gasteiger partial charge in [0.15, 0.2) is 0 Å². The summed E-state index contributed by atoms with van der Waals surface area (Å²) in [6, 6.07) is 4.41. The highest BCUT2D eigenvalue weighted by Gasteiger charge is 2.36. The molecule has 0 fully saturated rings. The Morgan fingerprint density at radius 2 is 1.97 bits per heavy atom. The molecule has 29 heavy (non-hydrogen) atoms. The van der Waals surface area contributed by atoms with Gasteiger partial charge in [-0.25, -0.2) is 4.90 Å². The SMILES string of the molecule is CCOC(=O)Cc1nsc2ccc(N(C=O)C(=O)/C=C(\N(C)C)C(F)(F)F)cc12. The number of esters is 1. The molecule has 7 nitrogen and oxygen atoms in total. The van der Waals surface area contributed by atoms with Gasteiger partial charge in [0.1, 0.15) is 5.70 Å². The highest BCUT2D eigenvalue weighted by atomic mass is 32.1. The fourth-order valence-electron chi connectivity index (χ4n) is 2.49. The van der Waals surface area contributed by atoms with Crippen molar-refractivity contribution >= 4 is 45.6 Å². The molecule has 1 heterocycles. The van der Waals surface area contributed by atoms with Crippen LogP contribution in [0.1, 0.15) is 12.6 Å². The lowest BCUT2D eigenvalue weighted by Crippen LogP contribution is -2.32. The first-order valence-electron chi connectivity index (χ1n) is 8.37. The molecule has 2 amide bonds. The monoisotopic (exact) mass is 429 g/mol. The highest BCUT2D eigenvalue weighted by molar-refractivity contribution is 7.13. The number of halogens is 3. The van der Waals surface area contributed by atoms with Crippen LogP contribution in [0.2, 0.25) is 0 Å². The molecule has 0 saturated carbocycles. The number of allylic oxidation sites excluding steroid dienone is 1. The molecule has 0 aliphatic rings. The van der Waals surface area contributed by atoms with E-state index < -0.39 is 23.7 Å². The van der Waals surface area contributed by atoms with Crippen LogP contribution in [0.3, 0.4) is 0 Å². The molecule has 0 radical (unpaired) electrons. The van der Waals surface area contributed by atoms with E-state index in [1.165, 1.54) is 12.1 Å². The number of carbonyl (C=O) groups excluding carboxylic acids is 3. The zero-order valence-electron chi connectivity index (χ0n) is 15.8. The van der Waals surface area contributed by atoms with Gasteiger partial charge in [-0.3, -0.25) is 14.4 Å². The van der Waals surface area contributed by atoms with E-state index >= 15 is 0 Å². The maximum Gasteiger partial charge on any atom is 0.431 e. The third-order valence-electron chi connectivity index (χ3n) is 3.80. The van der Waals surface area contributed by atoms with E-state index in [1.54, 1.807) is 13.0 Å². The summed E-state index contributed by atoms with van der Waals surface area (Å²) in [4.78, 5) is 36.8. The highest BCUT2D eigenvalue weighted by Crippen LogP contribution is 2.30. The van der Waals surface area contributed by atoms with Gasteiger partial charge in [-0.05, 0) is 36.7 Å². The summed E-state index contributed by atoms with van der Waals surface area (Å²) in [5.74, 6) is -1.65. The van der Waals surface area contributed by atoms with E-state index in [-0.39, 0.29) is 25.1 Å². The summed E-state index contributed by atoms with van der Waals surface area (Å²) in [6.07, 6.45) is -4.38. The van der Waals surface area contributed by atoms with Crippen molar-refractivity contribution in [3.05, 3.63) is 35.7 Å². The van der Waals surface area contributed by atoms with Gasteiger partial charge >= 0.3 is 12.1 Å². The zero-order valence-corrected chi connectivity index (χ0v) is 16.6. The van der Waals surface area contributed by atoms with Gasteiger partial charge in [-0.15, -0.1) is 0 Å². The summed E-state index contributed by atoms with van der Waals surface area (Å²) in [5.41, 5.74) is -0.752. The lowest BCUT2D eigenvalue weighted by atomic mass is 10.1. The quantitative estimate of drug-likeness (QED) is 0.383. The number of anilines is 1. The maximum absolute atomic E-state index is 13.1. The third-order valence-corrected chi connectivity index (χ3v) is 4.66. The molecule has 156 valence electrons. The summed E-state index contributed by atoms with van der Waals surface area (Å²) in [6.45, 7) is 1.87. The number of fused-ring (bicyclic) bond motifs is 1. The number of benzene rings is 1. The maximum atomic E-state index is 13.1. The number of imide groups is 1. The molecule has 0 N–H and O–H groups in total. The average molecular weight is 429 g/mol. The Hall–Kier alpha value is -2.95. The van der Waals surface area contributed by atoms with Gasteiger partial charge in [0.25, 0.3) is 5.91 Å². The predicted molar refractivity (Wildman–Crippen MR) is 101 cm³/mol. The third kappa shape index (κ3) is 5.31. The Labute approximate surface area is 168 Å².